The van der Waals surface area contributed by atoms with Crippen LogP contribution in [0.1, 0.15) is 22.1 Å². The number of benzene rings is 1. The summed E-state index contributed by atoms with van der Waals surface area (Å²) in [6, 6.07) is 2.44. The van der Waals surface area contributed by atoms with Gasteiger partial charge in [-0.3, -0.25) is 9.35 Å². The Morgan fingerprint density at radius 1 is 1.18 bits per heavy atom. The van der Waals surface area contributed by atoms with Gasteiger partial charge in [0.2, 0.25) is 5.91 Å². The second kappa shape index (κ2) is 5.61. The van der Waals surface area contributed by atoms with E-state index in [-0.39, 0.29) is 36.5 Å². The van der Waals surface area contributed by atoms with Crippen molar-refractivity contribution in [2.45, 2.75) is 4.90 Å². The molecule has 0 spiro atoms. The monoisotopic (exact) mass is 269 g/mol. The van der Waals surface area contributed by atoms with Crippen LogP contribution in [0.5, 0.6) is 0 Å². The van der Waals surface area contributed by atoms with Crippen molar-refractivity contribution in [1.29, 1.82) is 0 Å². The molecule has 0 bridgehead atoms. The molecule has 0 atom stereocenters. The van der Waals surface area contributed by atoms with Crippen LogP contribution in [-0.2, 0) is 10.1 Å². The summed E-state index contributed by atoms with van der Waals surface area (Å²) in [5.41, 5.74) is 4.12. The molecule has 7 nitrogen and oxygen atoms in total. The molecule has 0 heterocycles. The van der Waals surface area contributed by atoms with E-state index in [1.165, 1.54) is 0 Å². The third-order valence-corrected chi connectivity index (χ3v) is 2.57. The van der Waals surface area contributed by atoms with Gasteiger partial charge in [-0.25, -0.2) is 4.79 Å². The third-order valence-electron chi connectivity index (χ3n) is 1.74. The van der Waals surface area contributed by atoms with Gasteiger partial charge in [0, 0.05) is 5.56 Å². The van der Waals surface area contributed by atoms with Crippen LogP contribution in [0.4, 0.5) is 0 Å². The van der Waals surface area contributed by atoms with E-state index in [4.69, 9.17) is 15.4 Å². The molecule has 1 aromatic carbocycles. The second-order valence-corrected chi connectivity index (χ2v) is 4.31. The summed E-state index contributed by atoms with van der Waals surface area (Å²) in [5.74, 6) is -2.43. The van der Waals surface area contributed by atoms with Crippen molar-refractivity contribution in [2.75, 3.05) is 0 Å². The standard InChI is InChI=1S/C8H7NO6S.Na.H/c9-7(10)4-1-5(8(11)12)3-6(2-4)16(13,14)15;;/h1-3H,(H2,9,10)(H,11,12)(H,13,14,15);;/q;+1;-1. The van der Waals surface area contributed by atoms with Crippen LogP contribution >= 0.6 is 0 Å². The van der Waals surface area contributed by atoms with Crippen LogP contribution < -0.4 is 35.3 Å². The number of nitrogens with two attached hydrogens (primary N) is 1. The van der Waals surface area contributed by atoms with E-state index < -0.39 is 32.5 Å². The maximum Gasteiger partial charge on any atom is 1.00 e. The average molecular weight is 269 g/mol. The Kier molecular flexibility index (Phi) is 5.30. The number of carbonyl (C=O) groups is 2. The Hall–Kier alpha value is -0.930. The van der Waals surface area contributed by atoms with Gasteiger partial charge in [0.15, 0.2) is 0 Å². The zero-order chi connectivity index (χ0) is 12.5. The summed E-state index contributed by atoms with van der Waals surface area (Å²) >= 11 is 0. The molecule has 1 amide bonds. The van der Waals surface area contributed by atoms with Crippen molar-refractivity contribution in [3.63, 3.8) is 0 Å². The van der Waals surface area contributed by atoms with Crippen molar-refractivity contribution < 1.29 is 58.7 Å². The minimum Gasteiger partial charge on any atom is -1.00 e. The molecule has 0 aromatic heterocycles. The van der Waals surface area contributed by atoms with Crippen LogP contribution in [0.3, 0.4) is 0 Å². The first-order valence-electron chi connectivity index (χ1n) is 3.87. The summed E-state index contributed by atoms with van der Waals surface area (Å²) in [6.07, 6.45) is 0. The molecule has 1 rings (SSSR count). The number of carboxylic acid groups (broad SMARTS) is 1. The van der Waals surface area contributed by atoms with Gasteiger partial charge in [-0.1, -0.05) is 0 Å². The molecule has 9 heteroatoms. The van der Waals surface area contributed by atoms with Crippen molar-refractivity contribution >= 4 is 22.0 Å². The zero-order valence-electron chi connectivity index (χ0n) is 9.75. The number of amides is 1. The van der Waals surface area contributed by atoms with Gasteiger partial charge in [-0.05, 0) is 18.2 Å². The van der Waals surface area contributed by atoms with Gasteiger partial charge in [-0.2, -0.15) is 8.42 Å². The predicted molar refractivity (Wildman–Crippen MR) is 52.8 cm³/mol. The Labute approximate surface area is 120 Å². The van der Waals surface area contributed by atoms with E-state index in [1.54, 1.807) is 0 Å². The third kappa shape index (κ3) is 4.10. The van der Waals surface area contributed by atoms with Gasteiger partial charge in [0.1, 0.15) is 0 Å². The Morgan fingerprint density at radius 3 is 2.00 bits per heavy atom. The summed E-state index contributed by atoms with van der Waals surface area (Å²) in [5, 5.41) is 8.65. The average Bonchev–Trinajstić information content (AvgIpc) is 2.15. The molecule has 17 heavy (non-hydrogen) atoms. The summed E-state index contributed by atoms with van der Waals surface area (Å²) < 4.78 is 30.3. The fraction of sp³-hybridized carbons (Fsp3) is 0. The maximum absolute atomic E-state index is 10.8. The van der Waals surface area contributed by atoms with Crippen molar-refractivity contribution in [3.8, 4) is 0 Å². The summed E-state index contributed by atoms with van der Waals surface area (Å²) in [6.45, 7) is 0. The largest absolute Gasteiger partial charge is 1.00 e. The minimum atomic E-state index is -4.59. The molecule has 1 aromatic rings. The molecule has 0 unspecified atom stereocenters. The van der Waals surface area contributed by atoms with Crippen LogP contribution in [0, 0.1) is 0 Å². The smallest absolute Gasteiger partial charge is 1.00 e. The molecular formula is C8H8NNaO6S. The SMILES string of the molecule is NC(=O)c1cc(C(=O)O)cc(S(=O)(=O)O)c1.[H-].[Na+]. The number of hydrogen-bond acceptors (Lipinski definition) is 4. The normalized spacial score (nSPS) is 10.4. The fourth-order valence-electron chi connectivity index (χ4n) is 1.01. The van der Waals surface area contributed by atoms with Crippen LogP contribution in [0.25, 0.3) is 0 Å². The molecule has 88 valence electrons. The molecule has 0 fully saturated rings. The summed E-state index contributed by atoms with van der Waals surface area (Å²) in [4.78, 5) is 20.7. The van der Waals surface area contributed by atoms with Crippen LogP contribution in [0.2, 0.25) is 0 Å². The first-order chi connectivity index (χ1) is 7.21. The molecular weight excluding hydrogens is 261 g/mol. The minimum absolute atomic E-state index is 0. The molecule has 0 aliphatic rings. The van der Waals surface area contributed by atoms with Gasteiger partial charge in [-0.15, -0.1) is 0 Å². The number of hydrogen-bond donors (Lipinski definition) is 3. The van der Waals surface area contributed by atoms with Crippen LogP contribution in [-0.4, -0.2) is 30.0 Å². The topological polar surface area (TPSA) is 135 Å². The van der Waals surface area contributed by atoms with E-state index in [9.17, 15) is 18.0 Å². The Balaban J connectivity index is 0. The zero-order valence-corrected chi connectivity index (χ0v) is 11.6. The van der Waals surface area contributed by atoms with Gasteiger partial charge in [0.25, 0.3) is 10.1 Å². The van der Waals surface area contributed by atoms with Crippen molar-refractivity contribution in [3.05, 3.63) is 29.3 Å². The van der Waals surface area contributed by atoms with E-state index >= 15 is 0 Å². The first-order valence-corrected chi connectivity index (χ1v) is 5.31. The maximum atomic E-state index is 10.8. The first kappa shape index (κ1) is 16.1. The van der Waals surface area contributed by atoms with E-state index in [0.29, 0.717) is 0 Å². The van der Waals surface area contributed by atoms with Crippen molar-refractivity contribution in [2.24, 2.45) is 5.73 Å². The molecule has 0 saturated carbocycles. The number of rotatable bonds is 3. The molecule has 0 aliphatic heterocycles. The number of primary amides is 1. The quantitative estimate of drug-likeness (QED) is 0.392. The second-order valence-electron chi connectivity index (χ2n) is 2.89. The summed E-state index contributed by atoms with van der Waals surface area (Å²) in [7, 11) is -4.59. The van der Waals surface area contributed by atoms with Gasteiger partial charge < -0.3 is 12.3 Å². The number of carbonyl (C=O) groups excluding carboxylic acids is 1. The van der Waals surface area contributed by atoms with E-state index in [0.717, 1.165) is 18.2 Å². The van der Waals surface area contributed by atoms with E-state index in [2.05, 4.69) is 0 Å². The Bertz CT molecular complexity index is 541. The Morgan fingerprint density at radius 2 is 1.65 bits per heavy atom. The molecule has 0 saturated heterocycles. The fourth-order valence-corrected chi connectivity index (χ4v) is 1.57. The number of carboxylic acids is 1. The van der Waals surface area contributed by atoms with Gasteiger partial charge >= 0.3 is 35.5 Å². The van der Waals surface area contributed by atoms with Crippen LogP contribution in [0.15, 0.2) is 23.1 Å². The van der Waals surface area contributed by atoms with E-state index in [1.807, 2.05) is 0 Å². The molecule has 0 aliphatic carbocycles. The predicted octanol–water partition coefficient (Wildman–Crippen LogP) is -3.15. The molecule has 4 N–H and O–H groups in total. The van der Waals surface area contributed by atoms with Crippen molar-refractivity contribution in [1.82, 2.24) is 0 Å². The molecule has 0 radical (unpaired) electrons. The number of aromatic carboxylic acids is 1. The van der Waals surface area contributed by atoms with Gasteiger partial charge in [0.05, 0.1) is 10.5 Å².